The number of benzene rings is 3. The Bertz CT molecular complexity index is 2740. The highest BCUT2D eigenvalue weighted by Crippen LogP contribution is 2.22. The van der Waals surface area contributed by atoms with Crippen LogP contribution in [-0.2, 0) is 79.2 Å². The molecule has 21 heteroatoms. The van der Waals surface area contributed by atoms with Crippen molar-refractivity contribution in [1.82, 2.24) is 47.1 Å². The van der Waals surface area contributed by atoms with Gasteiger partial charge < -0.3 is 47.1 Å². The first-order valence-electron chi connectivity index (χ1n) is 25.9. The number of aromatic nitrogens is 1. The van der Waals surface area contributed by atoms with E-state index < -0.39 is 123 Å². The number of hydrogen-bond acceptors (Lipinski definition) is 10. The molecule has 8 N–H and O–H groups in total. The van der Waals surface area contributed by atoms with E-state index in [1.54, 1.807) is 80.7 Å². The molecule has 0 radical (unpaired) electrons. The highest BCUT2D eigenvalue weighted by atomic mass is 32.2. The molecule has 3 aromatic carbocycles. The molecule has 3 heterocycles. The fourth-order valence-electron chi connectivity index (χ4n) is 9.56. The number of nitrogens with one attached hydrogen (secondary N) is 8. The van der Waals surface area contributed by atoms with Gasteiger partial charge in [0, 0.05) is 88.5 Å². The maximum atomic E-state index is 14.9. The maximum absolute atomic E-state index is 14.9. The van der Waals surface area contributed by atoms with Gasteiger partial charge in [0.1, 0.15) is 48.3 Å². The third-order valence-electron chi connectivity index (χ3n) is 13.6. The van der Waals surface area contributed by atoms with Gasteiger partial charge in [0.05, 0.1) is 0 Å². The van der Waals surface area contributed by atoms with E-state index in [9.17, 15) is 46.8 Å². The summed E-state index contributed by atoms with van der Waals surface area (Å²) in [6, 6.07) is 15.1. The van der Waals surface area contributed by atoms with E-state index in [-0.39, 0.29) is 68.9 Å². The van der Waals surface area contributed by atoms with Crippen LogP contribution < -0.4 is 37.2 Å². The smallest absolute Gasteiger partial charge is 0.245 e. The maximum Gasteiger partial charge on any atom is 0.245 e. The molecule has 76 heavy (non-hydrogen) atoms. The van der Waals surface area contributed by atoms with E-state index >= 15 is 0 Å². The third kappa shape index (κ3) is 16.6. The second kappa shape index (κ2) is 27.9. The summed E-state index contributed by atoms with van der Waals surface area (Å²) in [5.74, 6) is -6.51. The Morgan fingerprint density at radius 1 is 0.526 bits per heavy atom. The molecule has 410 valence electrons. The fraction of sp³-hybridized carbons (Fsp3) is 0.491. The van der Waals surface area contributed by atoms with Crippen molar-refractivity contribution in [2.45, 2.75) is 127 Å². The Hall–Kier alpha value is -6.74. The van der Waals surface area contributed by atoms with Gasteiger partial charge in [-0.2, -0.15) is 0 Å². The molecule has 2 aliphatic heterocycles. The number of carbonyl (C=O) groups excluding carboxylic acids is 8. The normalized spacial score (nSPS) is 24.8. The number of nitrogens with zero attached hydrogens (tertiary/aromatic N) is 1. The average molecular weight is 1080 g/mol. The highest BCUT2D eigenvalue weighted by Gasteiger charge is 2.41. The van der Waals surface area contributed by atoms with E-state index in [4.69, 9.17) is 0 Å². The summed E-state index contributed by atoms with van der Waals surface area (Å²) in [6.45, 7) is 7.18. The second-order valence-corrected chi connectivity index (χ2v) is 23.6. The zero-order chi connectivity index (χ0) is 55.1. The number of H-pyrrole nitrogens is 1. The number of rotatable bonds is 15. The van der Waals surface area contributed by atoms with Crippen LogP contribution >= 0.6 is 0 Å². The number of carbonyl (C=O) groups is 8. The lowest BCUT2D eigenvalue weighted by Crippen LogP contribution is -2.62. The van der Waals surface area contributed by atoms with Gasteiger partial charge in [0.15, 0.2) is 0 Å². The summed E-state index contributed by atoms with van der Waals surface area (Å²) in [5, 5.41) is 20.6. The van der Waals surface area contributed by atoms with Crippen LogP contribution in [0.1, 0.15) is 76.5 Å². The Balaban J connectivity index is 1.45. The molecule has 10 atom stereocenters. The van der Waals surface area contributed by atoms with Gasteiger partial charge in [-0.15, -0.1) is 0 Å². The summed E-state index contributed by atoms with van der Waals surface area (Å²) < 4.78 is 25.0. The van der Waals surface area contributed by atoms with Crippen molar-refractivity contribution in [2.75, 3.05) is 30.6 Å². The predicted molar refractivity (Wildman–Crippen MR) is 292 cm³/mol. The Kier molecular flexibility index (Phi) is 21.5. The van der Waals surface area contributed by atoms with Crippen LogP contribution in [0.4, 0.5) is 0 Å². The molecule has 8 amide bonds. The predicted octanol–water partition coefficient (Wildman–Crippen LogP) is 1.83. The standard InChI is InChI=1S/C55H73N9O10S2/c1-33(2)28-42-49(66)58-41(24-27-76(6)74)55(72)64-25-15-22-46(64)53(70)62-44(30-36-18-11-8-12-19-36)51(68)60-43(29-35-16-9-7-10-17-35)50(67)61-45(31-37-32-56-39-21-14-13-20-38(37)39)52(69)63-47(34(3)4)54(71)57-40(48(65)59-42)23-26-75(5)73/h7-14,16-21,32-34,40-47,56H,15,22-31H2,1-6H3,(H,57,71)(H,58,66)(H,59,65)(H,60,68)(H,61,67)(H,62,70)(H,63,69)/t40-,41-,42-,43-,44-,45-,46-,47-,75-,76+/m0/s1. The fourth-order valence-corrected chi connectivity index (χ4v) is 10.7. The molecule has 0 spiro atoms. The molecule has 2 saturated heterocycles. The number of aromatic amines is 1. The topological polar surface area (TPSA) is 274 Å². The van der Waals surface area contributed by atoms with Crippen molar-refractivity contribution in [3.05, 3.63) is 108 Å². The molecule has 0 aliphatic carbocycles. The van der Waals surface area contributed by atoms with E-state index in [1.165, 1.54) is 17.4 Å². The van der Waals surface area contributed by atoms with Gasteiger partial charge >= 0.3 is 0 Å². The Morgan fingerprint density at radius 2 is 0.987 bits per heavy atom. The van der Waals surface area contributed by atoms with Crippen molar-refractivity contribution in [1.29, 1.82) is 0 Å². The molecule has 2 aliphatic rings. The number of hydrogen-bond donors (Lipinski definition) is 8. The van der Waals surface area contributed by atoms with Crippen molar-refractivity contribution < 1.29 is 46.8 Å². The molecule has 0 saturated carbocycles. The van der Waals surface area contributed by atoms with Crippen LogP contribution in [0.2, 0.25) is 0 Å². The monoisotopic (exact) mass is 1080 g/mol. The lowest BCUT2D eigenvalue weighted by atomic mass is 9.99. The van der Waals surface area contributed by atoms with Crippen LogP contribution in [0.5, 0.6) is 0 Å². The van der Waals surface area contributed by atoms with Gasteiger partial charge in [-0.3, -0.25) is 46.8 Å². The lowest BCUT2D eigenvalue weighted by Gasteiger charge is -2.32. The van der Waals surface area contributed by atoms with Crippen LogP contribution in [0, 0.1) is 11.8 Å². The van der Waals surface area contributed by atoms with E-state index in [0.717, 1.165) is 10.9 Å². The molecule has 6 rings (SSSR count). The Morgan fingerprint density at radius 3 is 1.55 bits per heavy atom. The minimum Gasteiger partial charge on any atom is -0.361 e. The minimum absolute atomic E-state index is 0.00980. The summed E-state index contributed by atoms with van der Waals surface area (Å²) in [5.41, 5.74) is 2.80. The molecule has 19 nitrogen and oxygen atoms in total. The van der Waals surface area contributed by atoms with E-state index in [0.29, 0.717) is 23.1 Å². The van der Waals surface area contributed by atoms with Crippen LogP contribution in [0.3, 0.4) is 0 Å². The minimum atomic E-state index is -1.42. The average Bonchev–Trinajstić information content (AvgIpc) is 4.05. The number of amides is 8. The van der Waals surface area contributed by atoms with Gasteiger partial charge in [-0.25, -0.2) is 0 Å². The Labute approximate surface area is 449 Å². The SMILES string of the molecule is CC(C)C[C@@H]1NC(=O)[C@H](CC[S@](C)=O)NC(=O)[C@H](C(C)C)NC(=O)[C@H](Cc2c[nH]c3ccccc23)NC(=O)[C@H](Cc2ccccc2)NC(=O)[C@H](Cc2ccccc2)NC(=O)[C@@H]2CCCN2C(=O)[C@H](CC[S@@](C)=O)NC1=O. The molecular formula is C55H73N9O10S2. The third-order valence-corrected chi connectivity index (χ3v) is 15.2. The lowest BCUT2D eigenvalue weighted by molar-refractivity contribution is -0.142. The zero-order valence-corrected chi connectivity index (χ0v) is 45.7. The van der Waals surface area contributed by atoms with Gasteiger partial charge in [-0.05, 0) is 66.7 Å². The second-order valence-electron chi connectivity index (χ2n) is 20.5. The summed E-state index contributed by atoms with van der Waals surface area (Å²) in [7, 11) is -2.81. The summed E-state index contributed by atoms with van der Waals surface area (Å²) >= 11 is 0. The van der Waals surface area contributed by atoms with Gasteiger partial charge in [0.2, 0.25) is 47.3 Å². The number of fused-ring (bicyclic) bond motifs is 2. The first kappa shape index (κ1) is 58.5. The quantitative estimate of drug-likeness (QED) is 0.0856. The first-order chi connectivity index (χ1) is 36.3. The van der Waals surface area contributed by atoms with E-state index in [2.05, 4.69) is 42.2 Å². The van der Waals surface area contributed by atoms with Gasteiger partial charge in [-0.1, -0.05) is 107 Å². The van der Waals surface area contributed by atoms with Gasteiger partial charge in [0.25, 0.3) is 0 Å². The molecular weight excluding hydrogens is 1010 g/mol. The van der Waals surface area contributed by atoms with Crippen LogP contribution in [0.15, 0.2) is 91.1 Å². The molecule has 4 aromatic rings. The first-order valence-corrected chi connectivity index (χ1v) is 29.4. The van der Waals surface area contributed by atoms with Crippen molar-refractivity contribution in [3.8, 4) is 0 Å². The van der Waals surface area contributed by atoms with Crippen LogP contribution in [-0.4, -0.2) is 144 Å². The van der Waals surface area contributed by atoms with Crippen molar-refractivity contribution in [2.24, 2.45) is 11.8 Å². The largest absolute Gasteiger partial charge is 0.361 e. The molecule has 0 unspecified atom stereocenters. The zero-order valence-electron chi connectivity index (χ0n) is 44.1. The van der Waals surface area contributed by atoms with Crippen molar-refractivity contribution in [3.63, 3.8) is 0 Å². The summed E-state index contributed by atoms with van der Waals surface area (Å²) in [6.07, 6.45) is 5.06. The number of para-hydroxylation sites is 1. The molecule has 0 bridgehead atoms. The van der Waals surface area contributed by atoms with Crippen LogP contribution in [0.25, 0.3) is 10.9 Å². The highest BCUT2D eigenvalue weighted by molar-refractivity contribution is 7.84. The molecule has 2 fully saturated rings. The van der Waals surface area contributed by atoms with Crippen molar-refractivity contribution >= 4 is 79.8 Å². The summed E-state index contributed by atoms with van der Waals surface area (Å²) in [4.78, 5) is 122. The molecule has 1 aromatic heterocycles. The van der Waals surface area contributed by atoms with E-state index in [1.807, 2.05) is 38.1 Å².